The molecule has 4 aromatic rings. The van der Waals surface area contributed by atoms with Crippen molar-refractivity contribution in [1.29, 1.82) is 0 Å². The zero-order chi connectivity index (χ0) is 29.5. The quantitative estimate of drug-likeness (QED) is 0.231. The number of thioether (sulfide) groups is 1. The van der Waals surface area contributed by atoms with Crippen LogP contribution in [0.5, 0.6) is 0 Å². The number of hydrogen-bond acceptors (Lipinski definition) is 9. The molecule has 2 aliphatic rings. The van der Waals surface area contributed by atoms with E-state index >= 15 is 0 Å². The van der Waals surface area contributed by atoms with Crippen molar-refractivity contribution in [3.05, 3.63) is 96.6 Å². The lowest BCUT2D eigenvalue weighted by Gasteiger charge is -2.29. The predicted molar refractivity (Wildman–Crippen MR) is 163 cm³/mol. The number of rotatable bonds is 7. The van der Waals surface area contributed by atoms with Gasteiger partial charge in [0.05, 0.1) is 28.8 Å². The Kier molecular flexibility index (Phi) is 7.60. The average Bonchev–Trinajstić information content (AvgIpc) is 3.67. The minimum absolute atomic E-state index is 0.221. The fourth-order valence-electron chi connectivity index (χ4n) is 5.23. The molecular weight excluding hydrogens is 595 g/mol. The van der Waals surface area contributed by atoms with Gasteiger partial charge in [0.15, 0.2) is 0 Å². The summed E-state index contributed by atoms with van der Waals surface area (Å²) in [6.45, 7) is 3.68. The lowest BCUT2D eigenvalue weighted by Crippen LogP contribution is -2.32. The highest BCUT2D eigenvalue weighted by Crippen LogP contribution is 2.54. The zero-order valence-corrected chi connectivity index (χ0v) is 25.0. The maximum atomic E-state index is 13.9. The summed E-state index contributed by atoms with van der Waals surface area (Å²) in [6.07, 6.45) is 0. The maximum Gasteiger partial charge on any atom is 0.338 e. The lowest BCUT2D eigenvalue weighted by molar-refractivity contribution is -0.122. The molecule has 1 fully saturated rings. The molecule has 1 N–H and O–H groups in total. The zero-order valence-electron chi connectivity index (χ0n) is 22.6. The minimum atomic E-state index is -0.790. The summed E-state index contributed by atoms with van der Waals surface area (Å²) in [4.78, 5) is 68.5. The van der Waals surface area contributed by atoms with Crippen LogP contribution in [0.1, 0.15) is 38.5 Å². The molecule has 2 unspecified atom stereocenters. The van der Waals surface area contributed by atoms with Crippen LogP contribution in [0.3, 0.4) is 0 Å². The Hall–Kier alpha value is -4.00. The maximum absolute atomic E-state index is 13.9. The van der Waals surface area contributed by atoms with Gasteiger partial charge in [0.25, 0.3) is 0 Å². The highest BCUT2D eigenvalue weighted by Gasteiger charge is 2.57. The number of benzene rings is 2. The van der Waals surface area contributed by atoms with Gasteiger partial charge in [-0.25, -0.2) is 9.69 Å². The number of imide groups is 1. The van der Waals surface area contributed by atoms with Crippen LogP contribution in [0, 0.1) is 12.8 Å². The predicted octanol–water partition coefficient (Wildman–Crippen LogP) is 4.89. The SMILES string of the molecule is CCOC(=O)c1ccc(N2C(=O)C3Sc4c(sc(=O)n4CC(=O)Nc4ccc(C)cc4)[C@H](c4cccs4)C3C2=O)cc1. The first-order valence-electron chi connectivity index (χ1n) is 13.2. The summed E-state index contributed by atoms with van der Waals surface area (Å²) >= 11 is 3.63. The van der Waals surface area contributed by atoms with Crippen molar-refractivity contribution >= 4 is 69.5 Å². The molecule has 3 amide bonds. The monoisotopic (exact) mass is 619 g/mol. The molecular formula is C30H25N3O6S3. The van der Waals surface area contributed by atoms with Crippen molar-refractivity contribution < 1.29 is 23.9 Å². The molecule has 9 nitrogen and oxygen atoms in total. The van der Waals surface area contributed by atoms with Crippen LogP contribution in [0.15, 0.2) is 75.9 Å². The van der Waals surface area contributed by atoms with Gasteiger partial charge in [-0.1, -0.05) is 46.9 Å². The second-order valence-electron chi connectivity index (χ2n) is 9.87. The van der Waals surface area contributed by atoms with E-state index in [2.05, 4.69) is 5.32 Å². The Balaban J connectivity index is 1.34. The molecule has 2 aliphatic heterocycles. The first kappa shape index (κ1) is 28.1. The number of nitrogens with one attached hydrogen (secondary N) is 1. The molecule has 0 spiro atoms. The molecule has 0 bridgehead atoms. The van der Waals surface area contributed by atoms with Gasteiger partial charge in [-0.2, -0.15) is 0 Å². The number of fused-ring (bicyclic) bond motifs is 2. The number of hydrogen-bond donors (Lipinski definition) is 1. The van der Waals surface area contributed by atoms with Gasteiger partial charge in [-0.3, -0.25) is 23.7 Å². The second kappa shape index (κ2) is 11.3. The third-order valence-corrected chi connectivity index (χ3v) is 10.7. The summed E-state index contributed by atoms with van der Waals surface area (Å²) in [7, 11) is 0. The third kappa shape index (κ3) is 4.99. The largest absolute Gasteiger partial charge is 0.462 e. The van der Waals surface area contributed by atoms with Gasteiger partial charge >= 0.3 is 10.8 Å². The summed E-state index contributed by atoms with van der Waals surface area (Å²) < 4.78 is 6.44. The van der Waals surface area contributed by atoms with Crippen molar-refractivity contribution in [3.8, 4) is 0 Å². The second-order valence-corrected chi connectivity index (χ2v) is 13.0. The smallest absolute Gasteiger partial charge is 0.338 e. The van der Waals surface area contributed by atoms with Crippen LogP contribution in [0.2, 0.25) is 0 Å². The Morgan fingerprint density at radius 3 is 2.38 bits per heavy atom. The van der Waals surface area contributed by atoms with Gasteiger partial charge in [-0.15, -0.1) is 11.3 Å². The molecule has 1 saturated heterocycles. The van der Waals surface area contributed by atoms with Crippen LogP contribution in [-0.2, 0) is 25.7 Å². The van der Waals surface area contributed by atoms with E-state index in [-0.39, 0.29) is 29.8 Å². The Morgan fingerprint density at radius 2 is 1.71 bits per heavy atom. The molecule has 42 heavy (non-hydrogen) atoms. The Bertz CT molecular complexity index is 1740. The minimum Gasteiger partial charge on any atom is -0.462 e. The van der Waals surface area contributed by atoms with Gasteiger partial charge in [0, 0.05) is 21.4 Å². The fraction of sp³-hybridized carbons (Fsp3) is 0.233. The van der Waals surface area contributed by atoms with Gasteiger partial charge in [0.1, 0.15) is 11.8 Å². The van der Waals surface area contributed by atoms with E-state index in [0.29, 0.717) is 26.8 Å². The van der Waals surface area contributed by atoms with E-state index < -0.39 is 29.0 Å². The average molecular weight is 620 g/mol. The number of aromatic nitrogens is 1. The van der Waals surface area contributed by atoms with E-state index in [0.717, 1.165) is 33.5 Å². The summed E-state index contributed by atoms with van der Waals surface area (Å²) in [6, 6.07) is 17.3. The molecule has 0 radical (unpaired) electrons. The number of nitrogens with zero attached hydrogens (tertiary/aromatic N) is 2. The fourth-order valence-corrected chi connectivity index (χ4v) is 8.95. The van der Waals surface area contributed by atoms with E-state index in [4.69, 9.17) is 4.74 Å². The molecule has 4 heterocycles. The highest BCUT2D eigenvalue weighted by molar-refractivity contribution is 8.00. The first-order valence-corrected chi connectivity index (χ1v) is 15.8. The number of esters is 1. The molecule has 2 aromatic heterocycles. The van der Waals surface area contributed by atoms with Crippen molar-refractivity contribution in [2.75, 3.05) is 16.8 Å². The van der Waals surface area contributed by atoms with E-state index in [1.54, 1.807) is 31.2 Å². The van der Waals surface area contributed by atoms with Crippen LogP contribution in [0.4, 0.5) is 11.4 Å². The Morgan fingerprint density at radius 1 is 0.976 bits per heavy atom. The van der Waals surface area contributed by atoms with Crippen molar-refractivity contribution in [2.45, 2.75) is 36.6 Å². The topological polar surface area (TPSA) is 115 Å². The molecule has 12 heteroatoms. The standard InChI is InChI=1S/C30H25N3O6S3/c1-3-39-29(37)17-8-12-19(13-9-17)33-26(35)23-22(20-5-4-14-40-20)25-28(41-24(23)27(33)36)32(30(38)42-25)15-21(34)31-18-10-6-16(2)7-11-18/h4-14,22-24H,3,15H2,1-2H3,(H,31,34)/t22-,23?,24?/m1/s1. The van der Waals surface area contributed by atoms with Gasteiger partial charge < -0.3 is 10.1 Å². The van der Waals surface area contributed by atoms with Crippen molar-refractivity contribution in [3.63, 3.8) is 0 Å². The summed E-state index contributed by atoms with van der Waals surface area (Å²) in [5.41, 5.74) is 2.35. The van der Waals surface area contributed by atoms with Crippen LogP contribution < -0.4 is 15.1 Å². The molecule has 2 aromatic carbocycles. The summed E-state index contributed by atoms with van der Waals surface area (Å²) in [5.74, 6) is -2.86. The van der Waals surface area contributed by atoms with Crippen LogP contribution in [-0.4, -0.2) is 40.1 Å². The number of carbonyl (C=O) groups excluding carboxylic acids is 4. The van der Waals surface area contributed by atoms with Gasteiger partial charge in [0.2, 0.25) is 17.7 Å². The number of thiazole rings is 1. The van der Waals surface area contributed by atoms with E-state index in [1.165, 1.54) is 32.9 Å². The summed E-state index contributed by atoms with van der Waals surface area (Å²) in [5, 5.41) is 4.47. The molecule has 6 rings (SSSR count). The highest BCUT2D eigenvalue weighted by atomic mass is 32.2. The van der Waals surface area contributed by atoms with Crippen molar-refractivity contribution in [1.82, 2.24) is 4.57 Å². The molecule has 214 valence electrons. The third-order valence-electron chi connectivity index (χ3n) is 7.17. The van der Waals surface area contributed by atoms with Crippen molar-refractivity contribution in [2.24, 2.45) is 5.92 Å². The lowest BCUT2D eigenvalue weighted by atomic mass is 9.87. The molecule has 3 atom stereocenters. The number of thiophene rings is 1. The number of anilines is 2. The number of carbonyl (C=O) groups is 4. The van der Waals surface area contributed by atoms with Crippen LogP contribution in [0.25, 0.3) is 0 Å². The van der Waals surface area contributed by atoms with Crippen LogP contribution >= 0.6 is 34.4 Å². The van der Waals surface area contributed by atoms with Gasteiger partial charge in [-0.05, 0) is 61.7 Å². The molecule has 0 saturated carbocycles. The van der Waals surface area contributed by atoms with E-state index in [1.807, 2.05) is 36.6 Å². The number of ether oxygens (including phenoxy) is 1. The normalized spacial score (nSPS) is 19.4. The molecule has 0 aliphatic carbocycles. The first-order chi connectivity index (χ1) is 20.3. The van der Waals surface area contributed by atoms with E-state index in [9.17, 15) is 24.0 Å². The number of amides is 3. The number of aryl methyl sites for hydroxylation is 1. The Labute approximate surface area is 253 Å².